The predicted molar refractivity (Wildman–Crippen MR) is 77.9 cm³/mol. The summed E-state index contributed by atoms with van der Waals surface area (Å²) >= 11 is 13.5. The third-order valence-corrected chi connectivity index (χ3v) is 4.16. The van der Waals surface area contributed by atoms with E-state index in [2.05, 4.69) is 15.3 Å². The van der Waals surface area contributed by atoms with E-state index >= 15 is 0 Å². The topological polar surface area (TPSA) is 37.8 Å². The van der Waals surface area contributed by atoms with E-state index in [1.54, 1.807) is 11.3 Å². The highest BCUT2D eigenvalue weighted by Gasteiger charge is 2.07. The number of nitrogens with zero attached hydrogens (tertiary/aromatic N) is 2. The van der Waals surface area contributed by atoms with Gasteiger partial charge in [0.15, 0.2) is 0 Å². The first-order valence-electron chi connectivity index (χ1n) is 5.68. The van der Waals surface area contributed by atoms with Gasteiger partial charge in [-0.2, -0.15) is 0 Å². The Bertz CT molecular complexity index is 528. The summed E-state index contributed by atoms with van der Waals surface area (Å²) in [5, 5.41) is 3.81. The van der Waals surface area contributed by atoms with Crippen LogP contribution in [0.25, 0.3) is 0 Å². The lowest BCUT2D eigenvalue weighted by Gasteiger charge is -2.09. The zero-order valence-corrected chi connectivity index (χ0v) is 12.2. The number of halogens is 2. The molecule has 0 aliphatic carbocycles. The van der Waals surface area contributed by atoms with Crippen LogP contribution in [-0.4, -0.2) is 16.5 Å². The summed E-state index contributed by atoms with van der Waals surface area (Å²) in [7, 11) is 0. The molecule has 2 rings (SSSR count). The first kappa shape index (κ1) is 13.6. The van der Waals surface area contributed by atoms with Crippen LogP contribution in [0.4, 0.5) is 5.82 Å². The predicted octanol–water partition coefficient (Wildman–Crippen LogP) is 4.06. The molecule has 0 saturated heterocycles. The Balaban J connectivity index is 1.96. The van der Waals surface area contributed by atoms with Gasteiger partial charge in [0.05, 0.1) is 4.34 Å². The molecule has 0 aliphatic rings. The fourth-order valence-corrected chi connectivity index (χ4v) is 3.00. The lowest BCUT2D eigenvalue weighted by molar-refractivity contribution is 0.984. The van der Waals surface area contributed by atoms with Crippen molar-refractivity contribution in [3.8, 4) is 0 Å². The summed E-state index contributed by atoms with van der Waals surface area (Å²) in [5.74, 6) is 0.820. The second-order valence-corrected chi connectivity index (χ2v) is 5.89. The van der Waals surface area contributed by atoms with Crippen LogP contribution < -0.4 is 5.32 Å². The molecule has 0 saturated carbocycles. The molecule has 2 heterocycles. The minimum atomic E-state index is 0.522. The van der Waals surface area contributed by atoms with Gasteiger partial charge in [-0.05, 0) is 25.0 Å². The summed E-state index contributed by atoms with van der Waals surface area (Å²) < 4.78 is 0.823. The molecule has 2 aromatic rings. The molecule has 0 amide bonds. The van der Waals surface area contributed by atoms with E-state index < -0.39 is 0 Å². The normalized spacial score (nSPS) is 10.6. The first-order valence-corrected chi connectivity index (χ1v) is 7.25. The summed E-state index contributed by atoms with van der Waals surface area (Å²) in [5.41, 5.74) is 0.961. The van der Waals surface area contributed by atoms with Crippen LogP contribution in [0, 0.1) is 0 Å². The van der Waals surface area contributed by atoms with Gasteiger partial charge in [-0.3, -0.25) is 0 Å². The van der Waals surface area contributed by atoms with Gasteiger partial charge in [0.25, 0.3) is 0 Å². The largest absolute Gasteiger partial charge is 0.369 e. The zero-order valence-electron chi connectivity index (χ0n) is 9.91. The Morgan fingerprint density at radius 2 is 2.11 bits per heavy atom. The number of hydrogen-bond donors (Lipinski definition) is 1. The highest BCUT2D eigenvalue weighted by Crippen LogP contribution is 2.23. The first-order chi connectivity index (χ1) is 8.70. The molecule has 0 atom stereocenters. The van der Waals surface area contributed by atoms with Gasteiger partial charge in [-0.1, -0.05) is 30.1 Å². The smallest absolute Gasteiger partial charge is 0.137 e. The van der Waals surface area contributed by atoms with Gasteiger partial charge in [0, 0.05) is 17.0 Å². The average molecular weight is 302 g/mol. The van der Waals surface area contributed by atoms with E-state index in [-0.39, 0.29) is 0 Å². The van der Waals surface area contributed by atoms with E-state index in [1.165, 1.54) is 11.2 Å². The van der Waals surface area contributed by atoms with Crippen molar-refractivity contribution in [2.45, 2.75) is 19.8 Å². The standard InChI is InChI=1S/C12H13Cl2N3S/c1-2-9-11(14)16-7-17-12(9)15-6-5-8-3-4-10(13)18-8/h3-4,7H,2,5-6H2,1H3,(H,15,16,17). The molecular formula is C12H13Cl2N3S. The molecule has 2 aromatic heterocycles. The molecule has 0 spiro atoms. The number of nitrogens with one attached hydrogen (secondary N) is 1. The summed E-state index contributed by atoms with van der Waals surface area (Å²) in [6, 6.07) is 3.96. The molecule has 18 heavy (non-hydrogen) atoms. The van der Waals surface area contributed by atoms with Crippen molar-refractivity contribution in [2.24, 2.45) is 0 Å². The third-order valence-electron chi connectivity index (χ3n) is 2.54. The maximum Gasteiger partial charge on any atom is 0.137 e. The molecule has 6 heteroatoms. The number of hydrogen-bond acceptors (Lipinski definition) is 4. The maximum atomic E-state index is 6.02. The van der Waals surface area contributed by atoms with E-state index in [0.29, 0.717) is 5.15 Å². The lowest BCUT2D eigenvalue weighted by atomic mass is 10.2. The van der Waals surface area contributed by atoms with Crippen LogP contribution in [-0.2, 0) is 12.8 Å². The van der Waals surface area contributed by atoms with Crippen molar-refractivity contribution >= 4 is 40.4 Å². The van der Waals surface area contributed by atoms with Crippen LogP contribution in [0.5, 0.6) is 0 Å². The van der Waals surface area contributed by atoms with Crippen LogP contribution in [0.3, 0.4) is 0 Å². The van der Waals surface area contributed by atoms with Crippen LogP contribution in [0.2, 0.25) is 9.49 Å². The van der Waals surface area contributed by atoms with Crippen molar-refractivity contribution < 1.29 is 0 Å². The number of rotatable bonds is 5. The van der Waals surface area contributed by atoms with E-state index in [0.717, 1.165) is 35.1 Å². The van der Waals surface area contributed by atoms with Gasteiger partial charge in [0.2, 0.25) is 0 Å². The molecule has 96 valence electrons. The molecule has 0 aliphatic heterocycles. The summed E-state index contributed by atoms with van der Waals surface area (Å²) in [6.07, 6.45) is 3.21. The third kappa shape index (κ3) is 3.34. The molecular weight excluding hydrogens is 289 g/mol. The minimum absolute atomic E-state index is 0.522. The molecule has 1 N–H and O–H groups in total. The van der Waals surface area contributed by atoms with Crippen LogP contribution >= 0.6 is 34.5 Å². The highest BCUT2D eigenvalue weighted by atomic mass is 35.5. The monoisotopic (exact) mass is 301 g/mol. The van der Waals surface area contributed by atoms with Gasteiger partial charge in [0.1, 0.15) is 17.3 Å². The van der Waals surface area contributed by atoms with E-state index in [4.69, 9.17) is 23.2 Å². The Morgan fingerprint density at radius 1 is 1.28 bits per heavy atom. The number of aromatic nitrogens is 2. The zero-order chi connectivity index (χ0) is 13.0. The van der Waals surface area contributed by atoms with Crippen molar-refractivity contribution in [2.75, 3.05) is 11.9 Å². The second-order valence-electron chi connectivity index (χ2n) is 3.73. The van der Waals surface area contributed by atoms with Crippen molar-refractivity contribution in [3.63, 3.8) is 0 Å². The lowest BCUT2D eigenvalue weighted by Crippen LogP contribution is -2.08. The summed E-state index contributed by atoms with van der Waals surface area (Å²) in [4.78, 5) is 9.45. The fourth-order valence-electron chi connectivity index (χ4n) is 1.65. The fraction of sp³-hybridized carbons (Fsp3) is 0.333. The quantitative estimate of drug-likeness (QED) is 0.846. The Hall–Kier alpha value is -0.840. The molecule has 0 bridgehead atoms. The second kappa shape index (κ2) is 6.36. The Morgan fingerprint density at radius 3 is 2.78 bits per heavy atom. The Labute approximate surface area is 120 Å². The Kier molecular flexibility index (Phi) is 4.80. The molecule has 0 fully saturated rings. The van der Waals surface area contributed by atoms with Crippen molar-refractivity contribution in [3.05, 3.63) is 38.4 Å². The van der Waals surface area contributed by atoms with E-state index in [1.807, 2.05) is 19.1 Å². The number of anilines is 1. The number of thiophene rings is 1. The van der Waals surface area contributed by atoms with Gasteiger partial charge in [-0.25, -0.2) is 9.97 Å². The molecule has 0 aromatic carbocycles. The SMILES string of the molecule is CCc1c(Cl)ncnc1NCCc1ccc(Cl)s1. The average Bonchev–Trinajstić information content (AvgIpc) is 2.75. The van der Waals surface area contributed by atoms with Crippen LogP contribution in [0.15, 0.2) is 18.5 Å². The van der Waals surface area contributed by atoms with Crippen LogP contribution in [0.1, 0.15) is 17.4 Å². The molecule has 0 radical (unpaired) electrons. The summed E-state index contributed by atoms with van der Waals surface area (Å²) in [6.45, 7) is 2.84. The van der Waals surface area contributed by atoms with Gasteiger partial charge >= 0.3 is 0 Å². The van der Waals surface area contributed by atoms with Gasteiger partial charge < -0.3 is 5.32 Å². The molecule has 3 nitrogen and oxygen atoms in total. The van der Waals surface area contributed by atoms with Crippen molar-refractivity contribution in [1.82, 2.24) is 9.97 Å². The van der Waals surface area contributed by atoms with Crippen molar-refractivity contribution in [1.29, 1.82) is 0 Å². The van der Waals surface area contributed by atoms with E-state index in [9.17, 15) is 0 Å². The minimum Gasteiger partial charge on any atom is -0.369 e. The highest BCUT2D eigenvalue weighted by molar-refractivity contribution is 7.16. The maximum absolute atomic E-state index is 6.02. The molecule has 0 unspecified atom stereocenters. The van der Waals surface area contributed by atoms with Gasteiger partial charge in [-0.15, -0.1) is 11.3 Å².